The predicted molar refractivity (Wildman–Crippen MR) is 166 cm³/mol. The van der Waals surface area contributed by atoms with Crippen molar-refractivity contribution in [3.05, 3.63) is 47.5 Å². The van der Waals surface area contributed by atoms with Crippen LogP contribution in [-0.2, 0) is 20.9 Å². The summed E-state index contributed by atoms with van der Waals surface area (Å²) in [6.07, 6.45) is 9.79. The van der Waals surface area contributed by atoms with Crippen molar-refractivity contribution in [3.8, 4) is 0 Å². The number of rotatable bonds is 4. The number of oxime groups is 1. The van der Waals surface area contributed by atoms with E-state index in [1.165, 1.54) is 5.57 Å². The van der Waals surface area contributed by atoms with Crippen LogP contribution in [0.3, 0.4) is 0 Å². The minimum Gasteiger partial charge on any atom is -0.460 e. The van der Waals surface area contributed by atoms with Gasteiger partial charge in [0.1, 0.15) is 6.61 Å². The second-order valence-electron chi connectivity index (χ2n) is 16.4. The Labute approximate surface area is 257 Å². The minimum absolute atomic E-state index is 0.0575. The number of carbonyl (C=O) groups excluding carboxylic acids is 2. The number of carbonyl (C=O) groups is 2. The molecular weight excluding hydrogens is 538 g/mol. The lowest BCUT2D eigenvalue weighted by Crippen LogP contribution is -2.67. The number of hydrogen-bond donors (Lipinski definition) is 2. The Kier molecular flexibility index (Phi) is 7.12. The smallest absolute Gasteiger partial charge is 0.312 e. The van der Waals surface area contributed by atoms with E-state index in [0.717, 1.165) is 50.5 Å². The lowest BCUT2D eigenvalue weighted by molar-refractivity contribution is -0.180. The Hall–Kier alpha value is -2.47. The van der Waals surface area contributed by atoms with Crippen LogP contribution in [-0.4, -0.2) is 34.4 Å². The van der Waals surface area contributed by atoms with Crippen LogP contribution in [0.1, 0.15) is 105 Å². The van der Waals surface area contributed by atoms with E-state index >= 15 is 0 Å². The summed E-state index contributed by atoms with van der Waals surface area (Å²) in [5.74, 6) is 0.154. The second-order valence-corrected chi connectivity index (χ2v) is 16.4. The molecular formula is C37H51NO5. The van der Waals surface area contributed by atoms with Crippen LogP contribution in [0.4, 0.5) is 0 Å². The molecule has 0 amide bonds. The molecule has 6 rings (SSSR count). The molecule has 0 unspecified atom stereocenters. The fraction of sp³-hybridized carbons (Fsp3) is 0.703. The molecule has 234 valence electrons. The van der Waals surface area contributed by atoms with Crippen molar-refractivity contribution in [1.82, 2.24) is 0 Å². The van der Waals surface area contributed by atoms with E-state index in [4.69, 9.17) is 4.74 Å². The van der Waals surface area contributed by atoms with E-state index in [0.29, 0.717) is 18.6 Å². The number of aliphatic hydroxyl groups is 1. The highest BCUT2D eigenvalue weighted by molar-refractivity contribution is 5.97. The maximum Gasteiger partial charge on any atom is 0.312 e. The van der Waals surface area contributed by atoms with Gasteiger partial charge in [-0.25, -0.2) is 0 Å². The van der Waals surface area contributed by atoms with Gasteiger partial charge in [0.25, 0.3) is 0 Å². The van der Waals surface area contributed by atoms with Gasteiger partial charge in [-0.15, -0.1) is 0 Å². The highest BCUT2D eigenvalue weighted by Gasteiger charge is 2.70. The molecule has 4 fully saturated rings. The number of allylic oxidation sites excluding steroid dienone is 2. The van der Waals surface area contributed by atoms with Gasteiger partial charge in [-0.1, -0.05) is 75.7 Å². The van der Waals surface area contributed by atoms with Crippen molar-refractivity contribution < 1.29 is 24.6 Å². The minimum atomic E-state index is -0.634. The average molecular weight is 590 g/mol. The molecule has 1 aromatic rings. The molecule has 6 heteroatoms. The highest BCUT2D eigenvalue weighted by Crippen LogP contribution is 2.75. The molecule has 1 aromatic carbocycles. The van der Waals surface area contributed by atoms with Crippen molar-refractivity contribution in [2.45, 2.75) is 106 Å². The van der Waals surface area contributed by atoms with Gasteiger partial charge in [0.2, 0.25) is 0 Å². The van der Waals surface area contributed by atoms with E-state index in [9.17, 15) is 19.9 Å². The Morgan fingerprint density at radius 1 is 0.977 bits per heavy atom. The molecule has 0 radical (unpaired) electrons. The fourth-order valence-corrected chi connectivity index (χ4v) is 11.3. The summed E-state index contributed by atoms with van der Waals surface area (Å²) in [6, 6.07) is 9.86. The maximum absolute atomic E-state index is 14.6. The van der Waals surface area contributed by atoms with Gasteiger partial charge in [0, 0.05) is 11.3 Å². The first-order valence-electron chi connectivity index (χ1n) is 16.5. The molecule has 4 saturated carbocycles. The highest BCUT2D eigenvalue weighted by atomic mass is 16.5. The number of ether oxygens (including phenoxy) is 1. The summed E-state index contributed by atoms with van der Waals surface area (Å²) in [5, 5.41) is 24.1. The molecule has 0 aliphatic heterocycles. The number of hydrogen-bond acceptors (Lipinski definition) is 6. The number of ketones is 1. The number of aliphatic hydroxyl groups excluding tert-OH is 1. The van der Waals surface area contributed by atoms with Gasteiger partial charge in [-0.05, 0) is 110 Å². The lowest BCUT2D eigenvalue weighted by Gasteiger charge is -2.70. The first kappa shape index (κ1) is 30.6. The number of benzene rings is 1. The Bertz CT molecular complexity index is 1370. The van der Waals surface area contributed by atoms with E-state index in [-0.39, 0.29) is 64.4 Å². The van der Waals surface area contributed by atoms with Crippen molar-refractivity contribution in [2.75, 3.05) is 6.61 Å². The standard InChI is InChI=1S/C37H51NO5/c1-32-16-17-33(2,31(41)43-22-24-10-8-7-9-11-24)21-26(32)25-20-27(40)30-34(3)14-13-29(38-42)35(4,23-39)28(34)12-15-37(30,6)36(25,5)19-18-32/h7-11,20,26,28,30,39,42H,12-19,21-23H2,1-6H3/b38-29+/t26-,28+,30+,32+,33-,34-,35-,36+,37+/m0/s1. The SMILES string of the molecule is C[C@]1(C(=O)OCc2ccccc2)CC[C@]2(C)CC[C@]3(C)C(=CC(=O)[C@@H]4[C@@]5(C)CC/C(=N\O)[C@@](C)(CO)[C@@H]5CC[C@]43C)[C@@H]2C1. The van der Waals surface area contributed by atoms with Crippen LogP contribution in [0.5, 0.6) is 0 Å². The first-order chi connectivity index (χ1) is 20.2. The zero-order valence-electron chi connectivity index (χ0n) is 27.0. The van der Waals surface area contributed by atoms with Crippen LogP contribution in [0.15, 0.2) is 47.1 Å². The zero-order chi connectivity index (χ0) is 31.1. The number of esters is 1. The molecule has 0 spiro atoms. The Morgan fingerprint density at radius 2 is 1.67 bits per heavy atom. The molecule has 2 N–H and O–H groups in total. The molecule has 0 bridgehead atoms. The van der Waals surface area contributed by atoms with E-state index in [2.05, 4.69) is 39.8 Å². The predicted octanol–water partition coefficient (Wildman–Crippen LogP) is 7.51. The molecule has 5 aliphatic rings. The lowest BCUT2D eigenvalue weighted by atomic mass is 9.33. The summed E-state index contributed by atoms with van der Waals surface area (Å²) < 4.78 is 5.92. The molecule has 6 nitrogen and oxygen atoms in total. The third kappa shape index (κ3) is 4.17. The monoisotopic (exact) mass is 589 g/mol. The normalized spacial score (nSPS) is 46.6. The largest absolute Gasteiger partial charge is 0.460 e. The van der Waals surface area contributed by atoms with Crippen LogP contribution in [0.25, 0.3) is 0 Å². The summed E-state index contributed by atoms with van der Waals surface area (Å²) in [6.45, 7) is 13.7. The quantitative estimate of drug-likeness (QED) is 0.215. The first-order valence-corrected chi connectivity index (χ1v) is 16.5. The average Bonchev–Trinajstić information content (AvgIpc) is 2.98. The van der Waals surface area contributed by atoms with Crippen LogP contribution in [0, 0.1) is 50.2 Å². The van der Waals surface area contributed by atoms with Crippen molar-refractivity contribution in [1.29, 1.82) is 0 Å². The van der Waals surface area contributed by atoms with Crippen LogP contribution >= 0.6 is 0 Å². The van der Waals surface area contributed by atoms with Crippen molar-refractivity contribution in [3.63, 3.8) is 0 Å². The summed E-state index contributed by atoms with van der Waals surface area (Å²) in [7, 11) is 0. The molecule has 0 aromatic heterocycles. The fourth-order valence-electron chi connectivity index (χ4n) is 11.3. The summed E-state index contributed by atoms with van der Waals surface area (Å²) in [5.41, 5.74) is 1.08. The molecule has 43 heavy (non-hydrogen) atoms. The third-order valence-electron chi connectivity index (χ3n) is 14.3. The van der Waals surface area contributed by atoms with Gasteiger partial charge >= 0.3 is 5.97 Å². The molecule has 5 aliphatic carbocycles. The number of nitrogens with zero attached hydrogens (tertiary/aromatic N) is 1. The van der Waals surface area contributed by atoms with Gasteiger partial charge in [0.15, 0.2) is 5.78 Å². The number of fused-ring (bicyclic) bond motifs is 7. The van der Waals surface area contributed by atoms with Gasteiger partial charge in [0.05, 0.1) is 17.7 Å². The van der Waals surface area contributed by atoms with Gasteiger partial charge in [-0.2, -0.15) is 0 Å². The Morgan fingerprint density at radius 3 is 2.35 bits per heavy atom. The third-order valence-corrected chi connectivity index (χ3v) is 14.3. The molecule has 0 heterocycles. The van der Waals surface area contributed by atoms with E-state index in [1.807, 2.05) is 43.3 Å². The van der Waals surface area contributed by atoms with Crippen molar-refractivity contribution in [2.24, 2.45) is 55.4 Å². The molecule has 9 atom stereocenters. The van der Waals surface area contributed by atoms with Crippen LogP contribution < -0.4 is 0 Å². The summed E-state index contributed by atoms with van der Waals surface area (Å²) in [4.78, 5) is 28.2. The topological polar surface area (TPSA) is 96.2 Å². The van der Waals surface area contributed by atoms with Gasteiger partial charge < -0.3 is 15.1 Å². The zero-order valence-corrected chi connectivity index (χ0v) is 27.0. The second kappa shape index (κ2) is 10.0. The van der Waals surface area contributed by atoms with Gasteiger partial charge in [-0.3, -0.25) is 9.59 Å². The molecule has 0 saturated heterocycles. The van der Waals surface area contributed by atoms with E-state index in [1.54, 1.807) is 0 Å². The van der Waals surface area contributed by atoms with E-state index < -0.39 is 10.8 Å². The summed E-state index contributed by atoms with van der Waals surface area (Å²) >= 11 is 0. The maximum atomic E-state index is 14.6. The Balaban J connectivity index is 1.35. The van der Waals surface area contributed by atoms with Crippen molar-refractivity contribution >= 4 is 17.5 Å². The van der Waals surface area contributed by atoms with Crippen LogP contribution in [0.2, 0.25) is 0 Å².